The van der Waals surface area contributed by atoms with Crippen molar-refractivity contribution in [1.82, 2.24) is 0 Å². The lowest BCUT2D eigenvalue weighted by molar-refractivity contribution is -0.274. The van der Waals surface area contributed by atoms with Crippen molar-refractivity contribution in [3.05, 3.63) is 23.5 Å². The van der Waals surface area contributed by atoms with Crippen LogP contribution >= 0.6 is 0 Å². The summed E-state index contributed by atoms with van der Waals surface area (Å²) in [6.45, 7) is 6.77. The first kappa shape index (κ1) is 19.0. The molecule has 1 aromatic carbocycles. The maximum Gasteiger partial charge on any atom is 0.573 e. The van der Waals surface area contributed by atoms with Crippen LogP contribution < -0.4 is 10.1 Å². The summed E-state index contributed by atoms with van der Waals surface area (Å²) in [5.74, 6) is -1.49. The molecule has 0 atom stereocenters. The highest BCUT2D eigenvalue weighted by Crippen LogP contribution is 2.32. The number of hydrogen-bond acceptors (Lipinski definition) is 3. The second-order valence-corrected chi connectivity index (χ2v) is 3.44. The highest BCUT2D eigenvalue weighted by Gasteiger charge is 2.32. The summed E-state index contributed by atoms with van der Waals surface area (Å²) < 4.78 is 58.0. The van der Waals surface area contributed by atoms with Crippen molar-refractivity contribution >= 4 is 11.8 Å². The minimum atomic E-state index is -4.90. The largest absolute Gasteiger partial charge is 0.573 e. The van der Waals surface area contributed by atoms with Crippen molar-refractivity contribution in [2.45, 2.75) is 34.1 Å². The molecule has 0 fully saturated rings. The predicted octanol–water partition coefficient (Wildman–Crippen LogP) is 4.63. The molecule has 1 rings (SSSR count). The Hall–Kier alpha value is -1.99. The standard InChI is InChI=1S/C11H11F4NO3.C2H6/c1-3-18-10(17)16-9-6(2)8(5-4-7(9)12)19-11(13,14)15;1-2/h4-5H,3H2,1-2H3,(H,16,17);1-2H3. The third kappa shape index (κ3) is 6.33. The molecule has 1 aromatic rings. The molecule has 1 amide bonds. The highest BCUT2D eigenvalue weighted by molar-refractivity contribution is 5.86. The van der Waals surface area contributed by atoms with E-state index in [4.69, 9.17) is 0 Å². The molecule has 0 heterocycles. The van der Waals surface area contributed by atoms with Gasteiger partial charge in [-0.2, -0.15) is 0 Å². The van der Waals surface area contributed by atoms with Crippen LogP contribution in [0.2, 0.25) is 0 Å². The van der Waals surface area contributed by atoms with Crippen LogP contribution in [0.5, 0.6) is 5.75 Å². The van der Waals surface area contributed by atoms with Gasteiger partial charge in [0.25, 0.3) is 0 Å². The molecule has 0 unspecified atom stereocenters. The van der Waals surface area contributed by atoms with Gasteiger partial charge in [0.1, 0.15) is 11.6 Å². The van der Waals surface area contributed by atoms with Gasteiger partial charge in [0.05, 0.1) is 12.3 Å². The van der Waals surface area contributed by atoms with Crippen LogP contribution in [0.3, 0.4) is 0 Å². The number of alkyl halides is 3. The van der Waals surface area contributed by atoms with Crippen molar-refractivity contribution in [2.75, 3.05) is 11.9 Å². The number of benzene rings is 1. The maximum atomic E-state index is 13.5. The molecule has 0 radical (unpaired) electrons. The molecule has 0 aromatic heterocycles. The molecule has 0 aliphatic carbocycles. The van der Waals surface area contributed by atoms with Gasteiger partial charge in [-0.25, -0.2) is 9.18 Å². The van der Waals surface area contributed by atoms with Gasteiger partial charge in [-0.3, -0.25) is 5.32 Å². The smallest absolute Gasteiger partial charge is 0.450 e. The summed E-state index contributed by atoms with van der Waals surface area (Å²) in [6, 6.07) is 1.59. The number of carbonyl (C=O) groups is 1. The third-order valence-corrected chi connectivity index (χ3v) is 2.09. The molecule has 0 spiro atoms. The highest BCUT2D eigenvalue weighted by atomic mass is 19.4. The number of anilines is 1. The molecule has 0 saturated heterocycles. The SMILES string of the molecule is CC.CCOC(=O)Nc1c(F)ccc(OC(F)(F)F)c1C. The van der Waals surface area contributed by atoms with Crippen molar-refractivity contribution in [3.8, 4) is 5.75 Å². The van der Waals surface area contributed by atoms with Gasteiger partial charge in [-0.1, -0.05) is 13.8 Å². The van der Waals surface area contributed by atoms with Gasteiger partial charge in [0.15, 0.2) is 0 Å². The summed E-state index contributed by atoms with van der Waals surface area (Å²) in [4.78, 5) is 11.2. The van der Waals surface area contributed by atoms with E-state index in [1.165, 1.54) is 13.8 Å². The number of rotatable bonds is 3. The second-order valence-electron chi connectivity index (χ2n) is 3.44. The predicted molar refractivity (Wildman–Crippen MR) is 69.8 cm³/mol. The first-order chi connectivity index (χ1) is 9.74. The average Bonchev–Trinajstić information content (AvgIpc) is 2.39. The number of ether oxygens (including phenoxy) is 2. The Morgan fingerprint density at radius 1 is 1.29 bits per heavy atom. The first-order valence-electron chi connectivity index (χ1n) is 6.23. The van der Waals surface area contributed by atoms with E-state index in [1.807, 2.05) is 19.2 Å². The van der Waals surface area contributed by atoms with Gasteiger partial charge in [0, 0.05) is 5.56 Å². The molecule has 0 aliphatic heterocycles. The normalized spacial score (nSPS) is 10.3. The monoisotopic (exact) mass is 311 g/mol. The number of carbonyl (C=O) groups excluding carboxylic acids is 1. The van der Waals surface area contributed by atoms with Crippen LogP contribution in [0.1, 0.15) is 26.3 Å². The minimum Gasteiger partial charge on any atom is -0.450 e. The molecule has 1 N–H and O–H groups in total. The quantitative estimate of drug-likeness (QED) is 0.828. The zero-order valence-corrected chi connectivity index (χ0v) is 12.1. The molecule has 8 heteroatoms. The minimum absolute atomic E-state index is 0.0469. The van der Waals surface area contributed by atoms with Crippen molar-refractivity contribution in [3.63, 3.8) is 0 Å². The average molecular weight is 311 g/mol. The van der Waals surface area contributed by atoms with Crippen LogP contribution in [0.25, 0.3) is 0 Å². The van der Waals surface area contributed by atoms with Crippen molar-refractivity contribution in [1.29, 1.82) is 0 Å². The lowest BCUT2D eigenvalue weighted by atomic mass is 10.1. The lowest BCUT2D eigenvalue weighted by Gasteiger charge is -2.15. The number of amides is 1. The zero-order chi connectivity index (χ0) is 16.6. The van der Waals surface area contributed by atoms with Crippen LogP contribution in [-0.4, -0.2) is 19.1 Å². The van der Waals surface area contributed by atoms with E-state index in [0.717, 1.165) is 12.1 Å². The fourth-order valence-corrected chi connectivity index (χ4v) is 1.32. The van der Waals surface area contributed by atoms with Gasteiger partial charge in [-0.05, 0) is 26.0 Å². The van der Waals surface area contributed by atoms with Gasteiger partial charge >= 0.3 is 12.5 Å². The Morgan fingerprint density at radius 2 is 1.86 bits per heavy atom. The molecular formula is C13H17F4NO3. The van der Waals surface area contributed by atoms with Crippen LogP contribution in [0.4, 0.5) is 28.0 Å². The molecule has 21 heavy (non-hydrogen) atoms. The van der Waals surface area contributed by atoms with E-state index in [-0.39, 0.29) is 12.2 Å². The number of hydrogen-bond donors (Lipinski definition) is 1. The summed E-state index contributed by atoms with van der Waals surface area (Å²) in [6.07, 6.45) is -5.86. The Kier molecular flexibility index (Phi) is 7.54. The van der Waals surface area contributed by atoms with Gasteiger partial charge in [-0.15, -0.1) is 13.2 Å². The Balaban J connectivity index is 0.00000191. The van der Waals surface area contributed by atoms with E-state index in [1.54, 1.807) is 0 Å². The Bertz CT molecular complexity index is 475. The van der Waals surface area contributed by atoms with Crippen LogP contribution in [0.15, 0.2) is 12.1 Å². The summed E-state index contributed by atoms with van der Waals surface area (Å²) in [5.41, 5.74) is -0.606. The van der Waals surface area contributed by atoms with E-state index < -0.39 is 29.7 Å². The fourth-order valence-electron chi connectivity index (χ4n) is 1.32. The van der Waals surface area contributed by atoms with Crippen LogP contribution in [0, 0.1) is 12.7 Å². The Labute approximate surface area is 120 Å². The molecule has 0 saturated carbocycles. The summed E-state index contributed by atoms with van der Waals surface area (Å²) in [5, 5.41) is 2.02. The number of nitrogens with one attached hydrogen (secondary N) is 1. The zero-order valence-electron chi connectivity index (χ0n) is 12.1. The molecule has 4 nitrogen and oxygen atoms in total. The topological polar surface area (TPSA) is 47.6 Å². The van der Waals surface area contributed by atoms with Crippen LogP contribution in [-0.2, 0) is 4.74 Å². The van der Waals surface area contributed by atoms with Gasteiger partial charge < -0.3 is 9.47 Å². The third-order valence-electron chi connectivity index (χ3n) is 2.09. The van der Waals surface area contributed by atoms with Crippen molar-refractivity contribution < 1.29 is 31.8 Å². The van der Waals surface area contributed by atoms with E-state index in [0.29, 0.717) is 0 Å². The summed E-state index contributed by atoms with van der Waals surface area (Å²) >= 11 is 0. The fraction of sp³-hybridized carbons (Fsp3) is 0.462. The maximum absolute atomic E-state index is 13.5. The molecule has 0 aliphatic rings. The van der Waals surface area contributed by atoms with Gasteiger partial charge in [0.2, 0.25) is 0 Å². The van der Waals surface area contributed by atoms with E-state index >= 15 is 0 Å². The van der Waals surface area contributed by atoms with E-state index in [9.17, 15) is 22.4 Å². The summed E-state index contributed by atoms with van der Waals surface area (Å²) in [7, 11) is 0. The Morgan fingerprint density at radius 3 is 2.33 bits per heavy atom. The molecular weight excluding hydrogens is 294 g/mol. The molecule has 0 bridgehead atoms. The van der Waals surface area contributed by atoms with E-state index in [2.05, 4.69) is 9.47 Å². The second kappa shape index (κ2) is 8.33. The lowest BCUT2D eigenvalue weighted by Crippen LogP contribution is -2.19. The number of halogens is 4. The molecule has 120 valence electrons. The first-order valence-corrected chi connectivity index (χ1v) is 6.23. The van der Waals surface area contributed by atoms with Crippen molar-refractivity contribution in [2.24, 2.45) is 0 Å².